The molecule has 1 fully saturated rings. The maximum atomic E-state index is 5.65. The molecule has 7 heteroatoms. The van der Waals surface area contributed by atoms with E-state index < -0.39 is 15.8 Å². The number of anilines is 1. The number of hydrogen-bond donors (Lipinski definition) is 0. The van der Waals surface area contributed by atoms with E-state index >= 15 is 0 Å². The Morgan fingerprint density at radius 2 is 0.816 bits per heavy atom. The number of benzene rings is 4. The Labute approximate surface area is 226 Å². The monoisotopic (exact) mass is 534 g/mol. The number of nitrogens with zero attached hydrogens (tertiary/aromatic N) is 4. The van der Waals surface area contributed by atoms with Gasteiger partial charge in [-0.2, -0.15) is 9.97 Å². The zero-order valence-electron chi connectivity index (χ0n) is 21.0. The molecular formula is C31H28N4OP2. The van der Waals surface area contributed by atoms with Gasteiger partial charge in [-0.1, -0.05) is 121 Å². The van der Waals surface area contributed by atoms with E-state index in [2.05, 4.69) is 126 Å². The van der Waals surface area contributed by atoms with Crippen molar-refractivity contribution in [3.05, 3.63) is 121 Å². The van der Waals surface area contributed by atoms with Crippen LogP contribution in [0.3, 0.4) is 0 Å². The van der Waals surface area contributed by atoms with Gasteiger partial charge in [-0.3, -0.25) is 0 Å². The van der Waals surface area contributed by atoms with Crippen LogP contribution in [0.5, 0.6) is 0 Å². The van der Waals surface area contributed by atoms with Crippen LogP contribution in [0.2, 0.25) is 0 Å². The van der Waals surface area contributed by atoms with Gasteiger partial charge in [0.15, 0.2) is 11.1 Å². The lowest BCUT2D eigenvalue weighted by Crippen LogP contribution is -2.41. The van der Waals surface area contributed by atoms with Crippen molar-refractivity contribution in [1.82, 2.24) is 15.0 Å². The third-order valence-corrected chi connectivity index (χ3v) is 10.8. The van der Waals surface area contributed by atoms with Gasteiger partial charge in [0.25, 0.3) is 0 Å². The molecule has 1 aromatic heterocycles. The number of morpholine rings is 1. The Bertz CT molecular complexity index is 1270. The molecule has 38 heavy (non-hydrogen) atoms. The largest absolute Gasteiger partial charge is 0.378 e. The van der Waals surface area contributed by atoms with E-state index in [1.54, 1.807) is 0 Å². The summed E-state index contributed by atoms with van der Waals surface area (Å²) in [7, 11) is -1.94. The highest BCUT2D eigenvalue weighted by Gasteiger charge is 2.27. The maximum absolute atomic E-state index is 5.65. The van der Waals surface area contributed by atoms with Gasteiger partial charge in [0.1, 0.15) is 0 Å². The summed E-state index contributed by atoms with van der Waals surface area (Å²) in [4.78, 5) is 17.9. The summed E-state index contributed by atoms with van der Waals surface area (Å²) < 4.78 is 5.65. The smallest absolute Gasteiger partial charge is 0.229 e. The first kappa shape index (κ1) is 24.8. The predicted molar refractivity (Wildman–Crippen MR) is 160 cm³/mol. The Morgan fingerprint density at radius 1 is 0.474 bits per heavy atom. The van der Waals surface area contributed by atoms with Crippen molar-refractivity contribution in [2.24, 2.45) is 0 Å². The molecule has 0 radical (unpaired) electrons. The summed E-state index contributed by atoms with van der Waals surface area (Å²) in [5, 5.41) is 4.90. The van der Waals surface area contributed by atoms with Gasteiger partial charge in [-0.05, 0) is 21.2 Å². The Morgan fingerprint density at radius 3 is 1.16 bits per heavy atom. The molecule has 0 bridgehead atoms. The van der Waals surface area contributed by atoms with Crippen LogP contribution in [-0.2, 0) is 4.74 Å². The molecule has 1 saturated heterocycles. The fourth-order valence-corrected chi connectivity index (χ4v) is 8.76. The van der Waals surface area contributed by atoms with Gasteiger partial charge >= 0.3 is 0 Å². The van der Waals surface area contributed by atoms with Crippen molar-refractivity contribution >= 4 is 54.1 Å². The predicted octanol–water partition coefficient (Wildman–Crippen LogP) is 3.22. The molecule has 0 amide bonds. The second-order valence-electron chi connectivity index (χ2n) is 8.85. The molecular weight excluding hydrogens is 506 g/mol. The average molecular weight is 535 g/mol. The van der Waals surface area contributed by atoms with Crippen LogP contribution in [0, 0.1) is 0 Å². The van der Waals surface area contributed by atoms with Crippen molar-refractivity contribution in [2.75, 3.05) is 31.2 Å². The molecule has 0 saturated carbocycles. The maximum Gasteiger partial charge on any atom is 0.229 e. The molecule has 188 valence electrons. The number of hydrogen-bond acceptors (Lipinski definition) is 5. The summed E-state index contributed by atoms with van der Waals surface area (Å²) in [5.41, 5.74) is 1.67. The average Bonchev–Trinajstić information content (AvgIpc) is 3.00. The lowest BCUT2D eigenvalue weighted by molar-refractivity contribution is 0.122. The van der Waals surface area contributed by atoms with E-state index in [0.29, 0.717) is 13.2 Å². The zero-order valence-corrected chi connectivity index (χ0v) is 22.8. The van der Waals surface area contributed by atoms with Crippen molar-refractivity contribution in [1.29, 1.82) is 0 Å². The number of aromatic nitrogens is 3. The normalized spacial score (nSPS) is 13.7. The lowest BCUT2D eigenvalue weighted by atomic mass is 10.4. The van der Waals surface area contributed by atoms with E-state index in [1.165, 1.54) is 21.2 Å². The summed E-state index contributed by atoms with van der Waals surface area (Å²) in [6.07, 6.45) is 0. The Hall–Kier alpha value is -3.49. The molecule has 6 rings (SSSR count). The highest BCUT2D eigenvalue weighted by Crippen LogP contribution is 2.34. The van der Waals surface area contributed by atoms with E-state index in [4.69, 9.17) is 19.7 Å². The highest BCUT2D eigenvalue weighted by atomic mass is 31.1. The van der Waals surface area contributed by atoms with E-state index in [-0.39, 0.29) is 0 Å². The summed E-state index contributed by atoms with van der Waals surface area (Å²) in [6.45, 7) is 2.89. The molecule has 0 spiro atoms. The quantitative estimate of drug-likeness (QED) is 0.300. The Balaban J connectivity index is 1.57. The van der Waals surface area contributed by atoms with Crippen LogP contribution >= 0.6 is 15.8 Å². The van der Waals surface area contributed by atoms with Crippen LogP contribution in [0.15, 0.2) is 121 Å². The molecule has 0 unspecified atom stereocenters. The second-order valence-corrected chi connectivity index (χ2v) is 13.1. The molecule has 5 aromatic rings. The van der Waals surface area contributed by atoms with Gasteiger partial charge in [0.2, 0.25) is 5.95 Å². The van der Waals surface area contributed by atoms with Crippen LogP contribution in [0.4, 0.5) is 5.95 Å². The van der Waals surface area contributed by atoms with Crippen LogP contribution in [0.1, 0.15) is 0 Å². The fraction of sp³-hybridized carbons (Fsp3) is 0.129. The SMILES string of the molecule is c1ccc(P(c2ccccc2)c2nc(N3CCOCC3)nc(P(c3ccccc3)c3ccccc3)n2)cc1. The minimum absolute atomic E-state index is 0.675. The van der Waals surface area contributed by atoms with Crippen molar-refractivity contribution < 1.29 is 4.74 Å². The van der Waals surface area contributed by atoms with Crippen LogP contribution in [-0.4, -0.2) is 41.3 Å². The summed E-state index contributed by atoms with van der Waals surface area (Å²) >= 11 is 0. The first-order chi connectivity index (χ1) is 18.9. The molecule has 5 nitrogen and oxygen atoms in total. The molecule has 1 aliphatic rings. The molecule has 0 aliphatic carbocycles. The third-order valence-electron chi connectivity index (χ3n) is 6.35. The van der Waals surface area contributed by atoms with Crippen molar-refractivity contribution in [3.8, 4) is 0 Å². The number of rotatable bonds is 7. The zero-order chi connectivity index (χ0) is 25.6. The first-order valence-corrected chi connectivity index (χ1v) is 15.4. The van der Waals surface area contributed by atoms with Crippen molar-refractivity contribution in [3.63, 3.8) is 0 Å². The molecule has 2 heterocycles. The van der Waals surface area contributed by atoms with Crippen molar-refractivity contribution in [2.45, 2.75) is 0 Å². The number of ether oxygens (including phenoxy) is 1. The van der Waals surface area contributed by atoms with Crippen LogP contribution in [0.25, 0.3) is 0 Å². The van der Waals surface area contributed by atoms with Gasteiger partial charge in [0, 0.05) is 28.9 Å². The molecule has 1 aliphatic heterocycles. The standard InChI is InChI=1S/C31H28N4OP2/c1-5-13-25(14-6-1)37(26-15-7-2-8-16-26)30-32-29(35-21-23-36-24-22-35)33-31(34-30)38(27-17-9-3-10-18-27)28-19-11-4-12-20-28/h1-20H,21-24H2. The van der Waals surface area contributed by atoms with Crippen LogP contribution < -0.4 is 37.2 Å². The summed E-state index contributed by atoms with van der Waals surface area (Å²) in [6, 6.07) is 42.5. The highest BCUT2D eigenvalue weighted by molar-refractivity contribution is 7.80. The molecule has 0 atom stereocenters. The first-order valence-electron chi connectivity index (χ1n) is 12.8. The molecule has 0 N–H and O–H groups in total. The minimum Gasteiger partial charge on any atom is -0.378 e. The van der Waals surface area contributed by atoms with Gasteiger partial charge in [-0.15, -0.1) is 0 Å². The Kier molecular flexibility index (Phi) is 7.79. The van der Waals surface area contributed by atoms with E-state index in [0.717, 1.165) is 30.2 Å². The second kappa shape index (κ2) is 11.9. The van der Waals surface area contributed by atoms with E-state index in [9.17, 15) is 0 Å². The van der Waals surface area contributed by atoms with Gasteiger partial charge in [-0.25, -0.2) is 4.98 Å². The fourth-order valence-electron chi connectivity index (χ4n) is 4.52. The van der Waals surface area contributed by atoms with Gasteiger partial charge < -0.3 is 9.64 Å². The third kappa shape index (κ3) is 5.51. The van der Waals surface area contributed by atoms with Gasteiger partial charge in [0.05, 0.1) is 13.2 Å². The minimum atomic E-state index is -0.972. The molecule has 4 aromatic carbocycles. The lowest BCUT2D eigenvalue weighted by Gasteiger charge is -2.29. The topological polar surface area (TPSA) is 51.1 Å². The van der Waals surface area contributed by atoms with E-state index in [1.807, 2.05) is 0 Å². The summed E-state index contributed by atoms with van der Waals surface area (Å²) in [5.74, 6) is 0.743.